The first-order valence-corrected chi connectivity index (χ1v) is 4.23. The minimum atomic E-state index is -2.18. The zero-order valence-electron chi connectivity index (χ0n) is 7.71. The fourth-order valence-electron chi connectivity index (χ4n) is 1.80. The molecule has 1 fully saturated rings. The van der Waals surface area contributed by atoms with E-state index in [1.807, 2.05) is 0 Å². The van der Waals surface area contributed by atoms with Crippen LogP contribution in [0.15, 0.2) is 0 Å². The van der Waals surface area contributed by atoms with Gasteiger partial charge in [-0.15, -0.1) is 0 Å². The fraction of sp³-hybridized carbons (Fsp3) is 0.875. The van der Waals surface area contributed by atoms with E-state index >= 15 is 0 Å². The standard InChI is InChI=1S/C8H14O6/c1-7(13)3-8(14,6(11)12)2-4(9)5(7)10/h4-5,9-10,13-14H,2-3H2,1H3,(H,11,12)/t4-,5+,7-,8-/m1/s1. The molecule has 0 amide bonds. The number of hydrogen-bond donors (Lipinski definition) is 5. The van der Waals surface area contributed by atoms with Crippen molar-refractivity contribution in [2.45, 2.75) is 43.2 Å². The molecule has 6 nitrogen and oxygen atoms in total. The highest BCUT2D eigenvalue weighted by molar-refractivity contribution is 5.77. The number of aliphatic hydroxyl groups excluding tert-OH is 2. The van der Waals surface area contributed by atoms with E-state index in [-0.39, 0.29) is 0 Å². The summed E-state index contributed by atoms with van der Waals surface area (Å²) >= 11 is 0. The summed E-state index contributed by atoms with van der Waals surface area (Å²) in [4.78, 5) is 10.7. The quantitative estimate of drug-likeness (QED) is 0.341. The summed E-state index contributed by atoms with van der Waals surface area (Å²) in [7, 11) is 0. The maximum atomic E-state index is 10.7. The predicted octanol–water partition coefficient (Wildman–Crippen LogP) is -1.93. The summed E-state index contributed by atoms with van der Waals surface area (Å²) in [6.45, 7) is 1.17. The molecule has 1 rings (SSSR count). The summed E-state index contributed by atoms with van der Waals surface area (Å²) in [5.41, 5.74) is -3.98. The smallest absolute Gasteiger partial charge is 0.335 e. The van der Waals surface area contributed by atoms with Crippen LogP contribution in [-0.2, 0) is 4.79 Å². The van der Waals surface area contributed by atoms with Crippen molar-refractivity contribution in [3.8, 4) is 0 Å². The zero-order valence-corrected chi connectivity index (χ0v) is 7.71. The Balaban J connectivity index is 2.94. The average Bonchev–Trinajstić information content (AvgIpc) is 1.99. The van der Waals surface area contributed by atoms with Crippen molar-refractivity contribution >= 4 is 5.97 Å². The molecule has 0 unspecified atom stereocenters. The van der Waals surface area contributed by atoms with E-state index in [2.05, 4.69) is 0 Å². The second-order valence-electron chi connectivity index (χ2n) is 4.09. The van der Waals surface area contributed by atoms with Gasteiger partial charge >= 0.3 is 5.97 Å². The normalized spacial score (nSPS) is 48.9. The third kappa shape index (κ3) is 1.74. The van der Waals surface area contributed by atoms with E-state index in [0.717, 1.165) is 0 Å². The van der Waals surface area contributed by atoms with E-state index in [1.54, 1.807) is 0 Å². The molecule has 1 aliphatic carbocycles. The number of carboxylic acid groups (broad SMARTS) is 1. The minimum Gasteiger partial charge on any atom is -0.479 e. The monoisotopic (exact) mass is 206 g/mol. The largest absolute Gasteiger partial charge is 0.479 e. The third-order valence-corrected chi connectivity index (χ3v) is 2.60. The van der Waals surface area contributed by atoms with Crippen molar-refractivity contribution in [2.75, 3.05) is 0 Å². The lowest BCUT2D eigenvalue weighted by molar-refractivity contribution is -0.210. The summed E-state index contributed by atoms with van der Waals surface area (Å²) in [5, 5.41) is 46.4. The molecule has 0 spiro atoms. The number of rotatable bonds is 1. The lowest BCUT2D eigenvalue weighted by Crippen LogP contribution is -2.61. The SMILES string of the molecule is C[C@@]1(O)C[C@@](O)(C(=O)O)C[C@@H](O)[C@@H]1O. The highest BCUT2D eigenvalue weighted by Crippen LogP contribution is 2.35. The van der Waals surface area contributed by atoms with Crippen molar-refractivity contribution in [2.24, 2.45) is 0 Å². The van der Waals surface area contributed by atoms with Gasteiger partial charge in [0.05, 0.1) is 11.7 Å². The Morgan fingerprint density at radius 2 is 1.86 bits per heavy atom. The first-order valence-electron chi connectivity index (χ1n) is 4.23. The number of carbonyl (C=O) groups is 1. The van der Waals surface area contributed by atoms with Gasteiger partial charge in [-0.25, -0.2) is 4.79 Å². The van der Waals surface area contributed by atoms with Gasteiger partial charge in [-0.3, -0.25) is 0 Å². The van der Waals surface area contributed by atoms with Crippen LogP contribution < -0.4 is 0 Å². The Hall–Kier alpha value is -0.690. The van der Waals surface area contributed by atoms with Crippen LogP contribution >= 0.6 is 0 Å². The average molecular weight is 206 g/mol. The van der Waals surface area contributed by atoms with E-state index < -0.39 is 42.2 Å². The summed E-state index contributed by atoms with van der Waals surface area (Å²) in [5.74, 6) is -1.51. The molecule has 0 radical (unpaired) electrons. The first kappa shape index (κ1) is 11.4. The molecule has 1 saturated carbocycles. The molecule has 6 heteroatoms. The van der Waals surface area contributed by atoms with Gasteiger partial charge in [0.15, 0.2) is 5.60 Å². The second kappa shape index (κ2) is 3.16. The molecular weight excluding hydrogens is 192 g/mol. The summed E-state index contributed by atoms with van der Waals surface area (Å²) in [6.07, 6.45) is -3.88. The molecule has 1 aliphatic rings. The lowest BCUT2D eigenvalue weighted by Gasteiger charge is -2.43. The lowest BCUT2D eigenvalue weighted by atomic mass is 9.73. The van der Waals surface area contributed by atoms with Crippen LogP contribution in [0, 0.1) is 0 Å². The molecule has 0 aromatic heterocycles. The molecule has 0 heterocycles. The highest BCUT2D eigenvalue weighted by Gasteiger charge is 2.53. The van der Waals surface area contributed by atoms with Gasteiger partial charge in [0, 0.05) is 12.8 Å². The van der Waals surface area contributed by atoms with Crippen LogP contribution in [0.4, 0.5) is 0 Å². The Morgan fingerprint density at radius 3 is 2.21 bits per heavy atom. The Bertz CT molecular complexity index is 250. The van der Waals surface area contributed by atoms with Crippen molar-refractivity contribution in [1.29, 1.82) is 0 Å². The van der Waals surface area contributed by atoms with E-state index in [4.69, 9.17) is 5.11 Å². The molecule has 14 heavy (non-hydrogen) atoms. The fourth-order valence-corrected chi connectivity index (χ4v) is 1.80. The van der Waals surface area contributed by atoms with Crippen molar-refractivity contribution in [1.82, 2.24) is 0 Å². The molecule has 0 aromatic carbocycles. The summed E-state index contributed by atoms with van der Waals surface area (Å²) in [6, 6.07) is 0. The molecule has 82 valence electrons. The van der Waals surface area contributed by atoms with Gasteiger partial charge in [0.2, 0.25) is 0 Å². The molecule has 5 N–H and O–H groups in total. The molecule has 4 atom stereocenters. The molecular formula is C8H14O6. The van der Waals surface area contributed by atoms with Crippen molar-refractivity contribution < 1.29 is 30.3 Å². The summed E-state index contributed by atoms with van der Waals surface area (Å²) < 4.78 is 0. The van der Waals surface area contributed by atoms with Gasteiger partial charge in [-0.1, -0.05) is 0 Å². The van der Waals surface area contributed by atoms with Crippen LogP contribution in [0.5, 0.6) is 0 Å². The van der Waals surface area contributed by atoms with Gasteiger partial charge in [0.25, 0.3) is 0 Å². The van der Waals surface area contributed by atoms with Crippen molar-refractivity contribution in [3.05, 3.63) is 0 Å². The number of aliphatic carboxylic acids is 1. The molecule has 0 bridgehead atoms. The van der Waals surface area contributed by atoms with E-state index in [9.17, 15) is 25.2 Å². The van der Waals surface area contributed by atoms with Crippen LogP contribution in [0.1, 0.15) is 19.8 Å². The molecule has 0 saturated heterocycles. The third-order valence-electron chi connectivity index (χ3n) is 2.60. The van der Waals surface area contributed by atoms with E-state index in [1.165, 1.54) is 6.92 Å². The van der Waals surface area contributed by atoms with E-state index in [0.29, 0.717) is 0 Å². The Labute approximate surface area is 80.4 Å². The van der Waals surface area contributed by atoms with Gasteiger partial charge in [0.1, 0.15) is 6.10 Å². The predicted molar refractivity (Wildman–Crippen MR) is 44.5 cm³/mol. The number of carboxylic acids is 1. The van der Waals surface area contributed by atoms with Crippen LogP contribution in [-0.4, -0.2) is 54.9 Å². The number of hydrogen-bond acceptors (Lipinski definition) is 5. The Kier molecular flexibility index (Phi) is 2.57. The topological polar surface area (TPSA) is 118 Å². The maximum Gasteiger partial charge on any atom is 0.335 e. The van der Waals surface area contributed by atoms with Crippen molar-refractivity contribution in [3.63, 3.8) is 0 Å². The van der Waals surface area contributed by atoms with Crippen LogP contribution in [0.2, 0.25) is 0 Å². The van der Waals surface area contributed by atoms with Gasteiger partial charge < -0.3 is 25.5 Å². The zero-order chi connectivity index (χ0) is 11.1. The number of aliphatic hydroxyl groups is 4. The van der Waals surface area contributed by atoms with Gasteiger partial charge in [-0.2, -0.15) is 0 Å². The Morgan fingerprint density at radius 1 is 1.36 bits per heavy atom. The van der Waals surface area contributed by atoms with Crippen LogP contribution in [0.25, 0.3) is 0 Å². The molecule has 0 aliphatic heterocycles. The van der Waals surface area contributed by atoms with Crippen LogP contribution in [0.3, 0.4) is 0 Å². The maximum absolute atomic E-state index is 10.7. The molecule has 0 aromatic rings. The minimum absolute atomic E-state index is 0.486. The second-order valence-corrected chi connectivity index (χ2v) is 4.09. The first-order chi connectivity index (χ1) is 6.19. The highest BCUT2D eigenvalue weighted by atomic mass is 16.4. The van der Waals surface area contributed by atoms with Gasteiger partial charge in [-0.05, 0) is 6.92 Å².